The molecule has 1 amide bonds. The smallest absolute Gasteiger partial charge is 0.266 e. The average Bonchev–Trinajstić information content (AvgIpc) is 2.71. The van der Waals surface area contributed by atoms with Crippen LogP contribution in [0.3, 0.4) is 0 Å². The zero-order valence-corrected chi connectivity index (χ0v) is 11.6. The molecule has 0 aromatic carbocycles. The molecule has 0 spiro atoms. The van der Waals surface area contributed by atoms with E-state index in [0.29, 0.717) is 4.88 Å². The van der Waals surface area contributed by atoms with Crippen molar-refractivity contribution >= 4 is 17.2 Å². The van der Waals surface area contributed by atoms with Crippen LogP contribution >= 0.6 is 11.3 Å². The van der Waals surface area contributed by atoms with Crippen molar-refractivity contribution in [1.82, 2.24) is 5.48 Å². The Morgan fingerprint density at radius 1 is 1.42 bits per heavy atom. The molecule has 7 heteroatoms. The average molecular weight is 295 g/mol. The van der Waals surface area contributed by atoms with Crippen LogP contribution in [0.5, 0.6) is 0 Å². The Bertz CT molecular complexity index is 429. The van der Waals surface area contributed by atoms with Crippen LogP contribution in [0.2, 0.25) is 0 Å². The number of aryl methyl sites for hydroxylation is 2. The zero-order chi connectivity index (χ0) is 14.5. The Balaban J connectivity index is 2.62. The summed E-state index contributed by atoms with van der Waals surface area (Å²) in [5.41, 5.74) is 2.88. The molecule has 0 atom stereocenters. The molecular formula is C12H16F3NO2S. The van der Waals surface area contributed by atoms with Crippen LogP contribution in [-0.2, 0) is 17.7 Å². The van der Waals surface area contributed by atoms with Gasteiger partial charge in [-0.3, -0.25) is 9.63 Å². The first-order chi connectivity index (χ1) is 8.87. The monoisotopic (exact) mass is 295 g/mol. The minimum atomic E-state index is -4.45. The van der Waals surface area contributed by atoms with E-state index in [4.69, 9.17) is 0 Å². The lowest BCUT2D eigenvalue weighted by molar-refractivity contribution is -0.184. The number of alkyl halides is 3. The summed E-state index contributed by atoms with van der Waals surface area (Å²) in [6, 6.07) is 1.71. The minimum Gasteiger partial charge on any atom is -0.266 e. The maximum Gasteiger partial charge on any atom is 0.414 e. The first-order valence-corrected chi connectivity index (χ1v) is 6.79. The van der Waals surface area contributed by atoms with E-state index in [1.807, 2.05) is 19.3 Å². The van der Waals surface area contributed by atoms with Crippen LogP contribution in [0.15, 0.2) is 6.07 Å². The lowest BCUT2D eigenvalue weighted by Crippen LogP contribution is -2.29. The highest BCUT2D eigenvalue weighted by atomic mass is 32.1. The number of hydrogen-bond donors (Lipinski definition) is 1. The molecule has 1 aromatic rings. The van der Waals surface area contributed by atoms with E-state index in [1.54, 1.807) is 6.07 Å². The summed E-state index contributed by atoms with van der Waals surface area (Å²) in [6.45, 7) is 2.51. The highest BCUT2D eigenvalue weighted by molar-refractivity contribution is 7.14. The Morgan fingerprint density at radius 2 is 2.11 bits per heavy atom. The number of carbonyl (C=O) groups is 1. The first-order valence-electron chi connectivity index (χ1n) is 5.97. The maximum absolute atomic E-state index is 11.9. The van der Waals surface area contributed by atoms with E-state index in [2.05, 4.69) is 4.84 Å². The van der Waals surface area contributed by atoms with Crippen molar-refractivity contribution in [2.75, 3.05) is 6.61 Å². The third-order valence-corrected chi connectivity index (χ3v) is 3.61. The third-order valence-electron chi connectivity index (χ3n) is 2.38. The third kappa shape index (κ3) is 5.20. The highest BCUT2D eigenvalue weighted by Crippen LogP contribution is 2.24. The van der Waals surface area contributed by atoms with Gasteiger partial charge in [0.15, 0.2) is 6.61 Å². The molecule has 108 valence electrons. The molecule has 0 aliphatic heterocycles. The van der Waals surface area contributed by atoms with Gasteiger partial charge in [-0.2, -0.15) is 13.2 Å². The van der Waals surface area contributed by atoms with Crippen LogP contribution in [-0.4, -0.2) is 18.7 Å². The van der Waals surface area contributed by atoms with Gasteiger partial charge in [-0.05, 0) is 24.5 Å². The molecule has 3 nitrogen and oxygen atoms in total. The van der Waals surface area contributed by atoms with Crippen LogP contribution in [0.4, 0.5) is 13.2 Å². The fourth-order valence-corrected chi connectivity index (χ4v) is 2.79. The Kier molecular flexibility index (Phi) is 5.81. The fraction of sp³-hybridized carbons (Fsp3) is 0.583. The summed E-state index contributed by atoms with van der Waals surface area (Å²) in [6.07, 6.45) is -1.84. The van der Waals surface area contributed by atoms with Crippen molar-refractivity contribution in [1.29, 1.82) is 0 Å². The molecule has 0 bridgehead atoms. The summed E-state index contributed by atoms with van der Waals surface area (Å²) in [7, 11) is 0. The second-order valence-corrected chi connectivity index (χ2v) is 5.13. The predicted octanol–water partition coefficient (Wildman–Crippen LogP) is 3.49. The molecular weight excluding hydrogens is 279 g/mol. The number of nitrogens with one attached hydrogen (secondary N) is 1. The molecule has 0 radical (unpaired) electrons. The number of hydrogen-bond acceptors (Lipinski definition) is 3. The molecule has 1 N–H and O–H groups in total. The van der Waals surface area contributed by atoms with E-state index >= 15 is 0 Å². The van der Waals surface area contributed by atoms with E-state index in [9.17, 15) is 18.0 Å². The highest BCUT2D eigenvalue weighted by Gasteiger charge is 2.28. The molecule has 1 aromatic heterocycles. The van der Waals surface area contributed by atoms with Gasteiger partial charge in [0.05, 0.1) is 4.88 Å². The first kappa shape index (κ1) is 16.0. The summed E-state index contributed by atoms with van der Waals surface area (Å²) < 4.78 is 35.6. The van der Waals surface area contributed by atoms with Crippen LogP contribution in [0.25, 0.3) is 0 Å². The van der Waals surface area contributed by atoms with Gasteiger partial charge in [0.2, 0.25) is 0 Å². The van der Waals surface area contributed by atoms with E-state index in [1.165, 1.54) is 11.3 Å². The predicted molar refractivity (Wildman–Crippen MR) is 67.2 cm³/mol. The fourth-order valence-electron chi connectivity index (χ4n) is 1.55. The summed E-state index contributed by atoms with van der Waals surface area (Å²) in [5, 5.41) is 0. The second kappa shape index (κ2) is 6.91. The van der Waals surface area contributed by atoms with Crippen molar-refractivity contribution in [3.63, 3.8) is 0 Å². The van der Waals surface area contributed by atoms with Crippen molar-refractivity contribution in [3.05, 3.63) is 21.4 Å². The molecule has 0 saturated carbocycles. The molecule has 0 aliphatic rings. The quantitative estimate of drug-likeness (QED) is 0.816. The molecule has 1 rings (SSSR count). The Labute approximate surface area is 113 Å². The van der Waals surface area contributed by atoms with Gasteiger partial charge >= 0.3 is 6.18 Å². The Morgan fingerprint density at radius 3 is 2.63 bits per heavy atom. The van der Waals surface area contributed by atoms with Crippen LogP contribution in [0.1, 0.15) is 40.4 Å². The Hall–Kier alpha value is -1.08. The summed E-state index contributed by atoms with van der Waals surface area (Å²) in [4.78, 5) is 17.2. The van der Waals surface area contributed by atoms with Gasteiger partial charge in [0.1, 0.15) is 0 Å². The van der Waals surface area contributed by atoms with Crippen LogP contribution in [0, 0.1) is 0 Å². The molecule has 19 heavy (non-hydrogen) atoms. The van der Waals surface area contributed by atoms with Crippen molar-refractivity contribution < 1.29 is 22.8 Å². The molecule has 0 fully saturated rings. The number of carbonyl (C=O) groups excluding carboxylic acids is 1. The largest absolute Gasteiger partial charge is 0.414 e. The van der Waals surface area contributed by atoms with E-state index in [0.717, 1.165) is 29.7 Å². The molecule has 0 aliphatic carbocycles. The molecule has 0 unspecified atom stereocenters. The number of rotatable bonds is 6. The number of thiophene rings is 1. The van der Waals surface area contributed by atoms with Gasteiger partial charge in [0.25, 0.3) is 5.91 Å². The van der Waals surface area contributed by atoms with Gasteiger partial charge in [-0.1, -0.05) is 20.3 Å². The SMILES string of the molecule is CCCc1sc(C(=O)NOCC(F)(F)F)cc1CC. The van der Waals surface area contributed by atoms with Gasteiger partial charge in [-0.25, -0.2) is 5.48 Å². The van der Waals surface area contributed by atoms with E-state index < -0.39 is 18.7 Å². The summed E-state index contributed by atoms with van der Waals surface area (Å²) >= 11 is 1.30. The lowest BCUT2D eigenvalue weighted by atomic mass is 10.1. The van der Waals surface area contributed by atoms with Gasteiger partial charge in [0, 0.05) is 4.88 Å². The second-order valence-electron chi connectivity index (χ2n) is 4.00. The number of hydroxylamine groups is 1. The maximum atomic E-state index is 11.9. The van der Waals surface area contributed by atoms with Crippen molar-refractivity contribution in [2.45, 2.75) is 39.3 Å². The minimum absolute atomic E-state index is 0.377. The standard InChI is InChI=1S/C12H16F3NO2S/c1-3-5-9-8(4-2)6-10(19-9)11(17)16-18-7-12(13,14)15/h6H,3-5,7H2,1-2H3,(H,16,17). The van der Waals surface area contributed by atoms with Gasteiger partial charge in [-0.15, -0.1) is 11.3 Å². The van der Waals surface area contributed by atoms with Gasteiger partial charge < -0.3 is 0 Å². The van der Waals surface area contributed by atoms with Crippen LogP contribution < -0.4 is 5.48 Å². The number of amides is 1. The normalized spacial score (nSPS) is 11.6. The van der Waals surface area contributed by atoms with Crippen molar-refractivity contribution in [3.8, 4) is 0 Å². The molecule has 1 heterocycles. The van der Waals surface area contributed by atoms with E-state index in [-0.39, 0.29) is 0 Å². The zero-order valence-electron chi connectivity index (χ0n) is 10.8. The molecule has 0 saturated heterocycles. The summed E-state index contributed by atoms with van der Waals surface area (Å²) in [5.74, 6) is -0.633. The lowest BCUT2D eigenvalue weighted by Gasteiger charge is -2.07. The van der Waals surface area contributed by atoms with Crippen molar-refractivity contribution in [2.24, 2.45) is 0 Å². The number of halogens is 3. The topological polar surface area (TPSA) is 38.3 Å².